The van der Waals surface area contributed by atoms with Crippen molar-refractivity contribution >= 4 is 10.0 Å². The predicted octanol–water partition coefficient (Wildman–Crippen LogP) is 0.816. The number of ether oxygens (including phenoxy) is 1. The van der Waals surface area contributed by atoms with E-state index < -0.39 is 10.0 Å². The maximum absolute atomic E-state index is 11.9. The Bertz CT molecular complexity index is 539. The van der Waals surface area contributed by atoms with Gasteiger partial charge in [-0.1, -0.05) is 0 Å². The largest absolute Gasteiger partial charge is 0.367 e. The van der Waals surface area contributed by atoms with Crippen molar-refractivity contribution in [3.8, 4) is 0 Å². The molecule has 2 rings (SSSR count). The van der Waals surface area contributed by atoms with E-state index in [1.807, 2.05) is 19.9 Å². The van der Waals surface area contributed by atoms with E-state index in [2.05, 4.69) is 9.97 Å². The Morgan fingerprint density at radius 3 is 2.58 bits per heavy atom. The quantitative estimate of drug-likeness (QED) is 0.822. The van der Waals surface area contributed by atoms with E-state index in [1.54, 1.807) is 6.92 Å². The molecule has 19 heavy (non-hydrogen) atoms. The van der Waals surface area contributed by atoms with Crippen LogP contribution in [-0.4, -0.2) is 48.1 Å². The van der Waals surface area contributed by atoms with Gasteiger partial charge in [-0.05, 0) is 26.8 Å². The van der Waals surface area contributed by atoms with E-state index in [9.17, 15) is 8.42 Å². The molecular weight excluding hydrogens is 266 g/mol. The Balaban J connectivity index is 2.22. The molecule has 2 heterocycles. The molecule has 0 unspecified atom stereocenters. The highest BCUT2D eigenvalue weighted by Crippen LogP contribution is 2.21. The third kappa shape index (κ3) is 3.29. The average Bonchev–Trinajstić information content (AvgIpc) is 2.38. The van der Waals surface area contributed by atoms with Crippen LogP contribution in [0.15, 0.2) is 6.07 Å². The molecule has 1 aromatic heterocycles. The molecule has 0 amide bonds. The lowest BCUT2D eigenvalue weighted by Crippen LogP contribution is -2.43. The lowest BCUT2D eigenvalue weighted by Gasteiger charge is -2.31. The first-order valence-electron chi connectivity index (χ1n) is 6.34. The number of aryl methyl sites for hydroxylation is 2. The summed E-state index contributed by atoms with van der Waals surface area (Å²) in [5.74, 6) is 0.668. The standard InChI is InChI=1S/C12H19N3O3S/c1-4-19(16,17)15-5-6-18-11(8-15)12-13-9(2)7-10(3)14-12/h7,11H,4-6,8H2,1-3H3/t11-/m0/s1. The maximum atomic E-state index is 11.9. The number of aromatic nitrogens is 2. The molecule has 0 N–H and O–H groups in total. The Labute approximate surface area is 113 Å². The number of hydrogen-bond donors (Lipinski definition) is 0. The van der Waals surface area contributed by atoms with Crippen molar-refractivity contribution in [3.63, 3.8) is 0 Å². The summed E-state index contributed by atoms with van der Waals surface area (Å²) >= 11 is 0. The third-order valence-electron chi connectivity index (χ3n) is 3.07. The number of morpholine rings is 1. The Morgan fingerprint density at radius 1 is 1.37 bits per heavy atom. The van der Waals surface area contributed by atoms with Crippen LogP contribution in [0.1, 0.15) is 30.2 Å². The van der Waals surface area contributed by atoms with Crippen molar-refractivity contribution in [2.45, 2.75) is 26.9 Å². The molecule has 0 saturated carbocycles. The molecule has 0 spiro atoms. The second-order valence-corrected chi connectivity index (χ2v) is 6.88. The van der Waals surface area contributed by atoms with Crippen LogP contribution in [0.2, 0.25) is 0 Å². The SMILES string of the molecule is CCS(=O)(=O)N1CCO[C@H](c2nc(C)cc(C)n2)C1. The maximum Gasteiger partial charge on any atom is 0.214 e. The van der Waals surface area contributed by atoms with Gasteiger partial charge in [0.25, 0.3) is 0 Å². The van der Waals surface area contributed by atoms with Crippen LogP contribution in [0.3, 0.4) is 0 Å². The number of nitrogens with zero attached hydrogens (tertiary/aromatic N) is 3. The lowest BCUT2D eigenvalue weighted by molar-refractivity contribution is -0.00764. The Morgan fingerprint density at radius 2 is 2.00 bits per heavy atom. The van der Waals surface area contributed by atoms with Crippen LogP contribution >= 0.6 is 0 Å². The molecule has 7 heteroatoms. The van der Waals surface area contributed by atoms with Gasteiger partial charge in [0.1, 0.15) is 6.10 Å². The van der Waals surface area contributed by atoms with Crippen LogP contribution in [0.5, 0.6) is 0 Å². The second-order valence-electron chi connectivity index (χ2n) is 4.63. The molecule has 0 bridgehead atoms. The van der Waals surface area contributed by atoms with Crippen molar-refractivity contribution in [3.05, 3.63) is 23.3 Å². The third-order valence-corrected chi connectivity index (χ3v) is 4.92. The second kappa shape index (κ2) is 5.52. The molecule has 1 aromatic rings. The lowest BCUT2D eigenvalue weighted by atomic mass is 10.2. The predicted molar refractivity (Wildman–Crippen MR) is 71.2 cm³/mol. The van der Waals surface area contributed by atoms with Crippen LogP contribution in [0.4, 0.5) is 0 Å². The first kappa shape index (κ1) is 14.4. The topological polar surface area (TPSA) is 72.4 Å². The van der Waals surface area contributed by atoms with Gasteiger partial charge in [0.05, 0.1) is 12.4 Å². The average molecular weight is 285 g/mol. The molecule has 1 aliphatic rings. The summed E-state index contributed by atoms with van der Waals surface area (Å²) in [5, 5.41) is 0. The fourth-order valence-corrected chi connectivity index (χ4v) is 3.19. The molecule has 106 valence electrons. The van der Waals surface area contributed by atoms with Crippen molar-refractivity contribution in [2.75, 3.05) is 25.4 Å². The van der Waals surface area contributed by atoms with E-state index in [-0.39, 0.29) is 11.9 Å². The highest BCUT2D eigenvalue weighted by molar-refractivity contribution is 7.89. The molecule has 0 aromatic carbocycles. The van der Waals surface area contributed by atoms with Gasteiger partial charge in [0.2, 0.25) is 10.0 Å². The summed E-state index contributed by atoms with van der Waals surface area (Å²) in [6.45, 7) is 6.49. The number of sulfonamides is 1. The first-order valence-corrected chi connectivity index (χ1v) is 7.95. The normalized spacial score (nSPS) is 21.5. The van der Waals surface area contributed by atoms with Gasteiger partial charge in [0, 0.05) is 24.5 Å². The van der Waals surface area contributed by atoms with Gasteiger partial charge >= 0.3 is 0 Å². The summed E-state index contributed by atoms with van der Waals surface area (Å²) in [6, 6.07) is 1.88. The van der Waals surface area contributed by atoms with E-state index in [0.717, 1.165) is 11.4 Å². The van der Waals surface area contributed by atoms with Gasteiger partial charge < -0.3 is 4.74 Å². The zero-order chi connectivity index (χ0) is 14.0. The van der Waals surface area contributed by atoms with Crippen molar-refractivity contribution in [2.24, 2.45) is 0 Å². The van der Waals surface area contributed by atoms with Crippen molar-refractivity contribution < 1.29 is 13.2 Å². The zero-order valence-corrected chi connectivity index (χ0v) is 12.3. The fraction of sp³-hybridized carbons (Fsp3) is 0.667. The minimum absolute atomic E-state index is 0.105. The molecule has 1 aliphatic heterocycles. The zero-order valence-electron chi connectivity index (χ0n) is 11.5. The van der Waals surface area contributed by atoms with Crippen LogP contribution in [0.25, 0.3) is 0 Å². The van der Waals surface area contributed by atoms with Gasteiger partial charge in [0.15, 0.2) is 5.82 Å². The molecule has 1 fully saturated rings. The van der Waals surface area contributed by atoms with Gasteiger partial charge in [-0.25, -0.2) is 18.4 Å². The van der Waals surface area contributed by atoms with Gasteiger partial charge in [-0.15, -0.1) is 0 Å². The minimum Gasteiger partial charge on any atom is -0.367 e. The molecule has 1 atom stereocenters. The highest BCUT2D eigenvalue weighted by Gasteiger charge is 2.30. The van der Waals surface area contributed by atoms with Gasteiger partial charge in [-0.3, -0.25) is 0 Å². The minimum atomic E-state index is -3.18. The number of hydrogen-bond acceptors (Lipinski definition) is 5. The smallest absolute Gasteiger partial charge is 0.214 e. The highest BCUT2D eigenvalue weighted by atomic mass is 32.2. The summed E-state index contributed by atoms with van der Waals surface area (Å²) in [5.41, 5.74) is 1.73. The summed E-state index contributed by atoms with van der Waals surface area (Å²) < 4.78 is 30.9. The molecule has 1 saturated heterocycles. The van der Waals surface area contributed by atoms with Crippen LogP contribution < -0.4 is 0 Å². The molecule has 6 nitrogen and oxygen atoms in total. The van der Waals surface area contributed by atoms with Crippen LogP contribution in [0, 0.1) is 13.8 Å². The Hall–Kier alpha value is -1.05. The van der Waals surface area contributed by atoms with E-state index >= 15 is 0 Å². The number of rotatable bonds is 3. The van der Waals surface area contributed by atoms with Crippen molar-refractivity contribution in [1.29, 1.82) is 0 Å². The van der Waals surface area contributed by atoms with Crippen LogP contribution in [-0.2, 0) is 14.8 Å². The molecule has 0 radical (unpaired) electrons. The fourth-order valence-electron chi connectivity index (χ4n) is 2.11. The van der Waals surface area contributed by atoms with E-state index in [4.69, 9.17) is 4.74 Å². The molecular formula is C12H19N3O3S. The summed E-state index contributed by atoms with van der Waals surface area (Å²) in [4.78, 5) is 8.68. The monoisotopic (exact) mass is 285 g/mol. The van der Waals surface area contributed by atoms with Gasteiger partial charge in [-0.2, -0.15) is 4.31 Å². The summed E-state index contributed by atoms with van der Waals surface area (Å²) in [7, 11) is -3.18. The molecule has 0 aliphatic carbocycles. The summed E-state index contributed by atoms with van der Waals surface area (Å²) in [6.07, 6.45) is -0.381. The van der Waals surface area contributed by atoms with E-state index in [0.29, 0.717) is 25.5 Å². The Kier molecular flexibility index (Phi) is 4.17. The first-order chi connectivity index (χ1) is 8.92. The van der Waals surface area contributed by atoms with Crippen molar-refractivity contribution in [1.82, 2.24) is 14.3 Å². The van der Waals surface area contributed by atoms with E-state index in [1.165, 1.54) is 4.31 Å².